The summed E-state index contributed by atoms with van der Waals surface area (Å²) in [6, 6.07) is 94.2. The van der Waals surface area contributed by atoms with Crippen molar-refractivity contribution in [2.45, 2.75) is 0 Å². The molecule has 3 heteroatoms. The molecule has 0 aliphatic heterocycles. The van der Waals surface area contributed by atoms with Crippen LogP contribution in [0.2, 0.25) is 0 Å². The van der Waals surface area contributed by atoms with Crippen molar-refractivity contribution < 1.29 is 4.42 Å². The fraction of sp³-hybridized carbons (Fsp3) is 0. The molecule has 0 radical (unpaired) electrons. The third kappa shape index (κ3) is 7.28. The van der Waals surface area contributed by atoms with Crippen LogP contribution in [0.3, 0.4) is 0 Å². The van der Waals surface area contributed by atoms with Gasteiger partial charge in [0.1, 0.15) is 11.2 Å². The van der Waals surface area contributed by atoms with E-state index < -0.39 is 0 Å². The zero-order valence-electron chi connectivity index (χ0n) is 37.6. The van der Waals surface area contributed by atoms with Crippen molar-refractivity contribution in [3.63, 3.8) is 0 Å². The first-order chi connectivity index (χ1) is 34.2. The van der Waals surface area contributed by atoms with Gasteiger partial charge in [-0.1, -0.05) is 206 Å². The normalized spacial score (nSPS) is 11.5. The highest BCUT2D eigenvalue weighted by atomic mass is 32.1. The molecule has 2 heterocycles. The fourth-order valence-corrected chi connectivity index (χ4v) is 11.4. The largest absolute Gasteiger partial charge is 0.455 e. The Morgan fingerprint density at radius 2 is 0.710 bits per heavy atom. The van der Waals surface area contributed by atoms with Crippen molar-refractivity contribution in [2.24, 2.45) is 0 Å². The van der Waals surface area contributed by atoms with Gasteiger partial charge in [0.2, 0.25) is 0 Å². The predicted octanol–water partition coefficient (Wildman–Crippen LogP) is 19.4. The van der Waals surface area contributed by atoms with Gasteiger partial charge in [-0.3, -0.25) is 0 Å². The van der Waals surface area contributed by atoms with E-state index in [1.54, 1.807) is 0 Å². The molecule has 0 atom stereocenters. The minimum atomic E-state index is 0.887. The van der Waals surface area contributed by atoms with Crippen molar-refractivity contribution in [1.82, 2.24) is 0 Å². The summed E-state index contributed by atoms with van der Waals surface area (Å²) in [4.78, 5) is 2.37. The molecule has 2 nitrogen and oxygen atoms in total. The monoisotopic (exact) mass is 897 g/mol. The minimum Gasteiger partial charge on any atom is -0.455 e. The van der Waals surface area contributed by atoms with Crippen LogP contribution in [-0.2, 0) is 0 Å². The molecule has 0 saturated carbocycles. The predicted molar refractivity (Wildman–Crippen MR) is 294 cm³/mol. The molecule has 324 valence electrons. The van der Waals surface area contributed by atoms with Crippen molar-refractivity contribution in [2.75, 3.05) is 4.90 Å². The molecule has 0 unspecified atom stereocenters. The van der Waals surface area contributed by atoms with Gasteiger partial charge in [-0.05, 0) is 116 Å². The summed E-state index contributed by atoms with van der Waals surface area (Å²) in [6.45, 7) is 0. The minimum absolute atomic E-state index is 0.887. The smallest absolute Gasteiger partial charge is 0.143 e. The van der Waals surface area contributed by atoms with E-state index in [-0.39, 0.29) is 0 Å². The van der Waals surface area contributed by atoms with E-state index in [1.165, 1.54) is 59.1 Å². The quantitative estimate of drug-likeness (QED) is 0.144. The summed E-state index contributed by atoms with van der Waals surface area (Å²) in [5.41, 5.74) is 19.2. The first-order valence-corrected chi connectivity index (χ1v) is 24.3. The Morgan fingerprint density at radius 3 is 1.33 bits per heavy atom. The fourth-order valence-electron chi connectivity index (χ4n) is 10.2. The van der Waals surface area contributed by atoms with Crippen molar-refractivity contribution >= 4 is 70.5 Å². The van der Waals surface area contributed by atoms with Crippen LogP contribution < -0.4 is 4.90 Å². The average Bonchev–Trinajstić information content (AvgIpc) is 4.01. The van der Waals surface area contributed by atoms with E-state index in [0.29, 0.717) is 0 Å². The first-order valence-electron chi connectivity index (χ1n) is 23.5. The van der Waals surface area contributed by atoms with Crippen LogP contribution in [0.4, 0.5) is 17.1 Å². The average molecular weight is 898 g/mol. The number of fused-ring (bicyclic) bond motifs is 6. The van der Waals surface area contributed by atoms with E-state index in [0.717, 1.165) is 66.8 Å². The van der Waals surface area contributed by atoms with Gasteiger partial charge in [-0.2, -0.15) is 0 Å². The molecule has 0 saturated heterocycles. The third-order valence-electron chi connectivity index (χ3n) is 13.5. The molecular formula is C66H43NOS. The number of rotatable bonds is 9. The Morgan fingerprint density at radius 1 is 0.275 bits per heavy atom. The van der Waals surface area contributed by atoms with Crippen LogP contribution in [0.15, 0.2) is 265 Å². The summed E-state index contributed by atoms with van der Waals surface area (Å²) in [5.74, 6) is 0. The Kier molecular flexibility index (Phi) is 10.1. The maximum Gasteiger partial charge on any atom is 0.143 e. The highest BCUT2D eigenvalue weighted by Crippen LogP contribution is 2.44. The van der Waals surface area contributed by atoms with Crippen LogP contribution in [0.25, 0.3) is 109 Å². The van der Waals surface area contributed by atoms with Gasteiger partial charge in [-0.15, -0.1) is 11.3 Å². The van der Waals surface area contributed by atoms with Gasteiger partial charge in [0, 0.05) is 53.6 Å². The Balaban J connectivity index is 0.884. The molecule has 0 amide bonds. The number of para-hydroxylation sites is 1. The number of thiophene rings is 1. The number of nitrogens with zero attached hydrogens (tertiary/aromatic N) is 1. The Labute approximate surface area is 405 Å². The molecule has 13 rings (SSSR count). The highest BCUT2D eigenvalue weighted by Gasteiger charge is 2.18. The van der Waals surface area contributed by atoms with Gasteiger partial charge in [0.05, 0.1) is 0 Å². The number of furan rings is 1. The second kappa shape index (κ2) is 17.2. The second-order valence-electron chi connectivity index (χ2n) is 17.6. The van der Waals surface area contributed by atoms with Gasteiger partial charge >= 0.3 is 0 Å². The topological polar surface area (TPSA) is 16.4 Å². The van der Waals surface area contributed by atoms with Crippen LogP contribution in [0, 0.1) is 0 Å². The molecular weight excluding hydrogens is 855 g/mol. The molecule has 0 N–H and O–H groups in total. The molecule has 0 aliphatic rings. The van der Waals surface area contributed by atoms with Crippen molar-refractivity contribution in [3.05, 3.63) is 261 Å². The molecule has 0 bridgehead atoms. The van der Waals surface area contributed by atoms with Crippen molar-refractivity contribution in [3.8, 4) is 66.8 Å². The third-order valence-corrected chi connectivity index (χ3v) is 14.8. The summed E-state index contributed by atoms with van der Waals surface area (Å²) in [5, 5.41) is 4.85. The molecule has 2 aromatic heterocycles. The van der Waals surface area contributed by atoms with E-state index in [2.05, 4.69) is 260 Å². The SMILES string of the molecule is c1ccc(-c2ccccc2-c2ccccc2-c2ccc(N(c3ccc(-c4ccc5oc6c(-c7ccccc7)cccc6c5c4)cc3)c3ccc(-c4cccc5c4sc4ccccc45)cc3)cc2)cc1. The van der Waals surface area contributed by atoms with Crippen LogP contribution in [-0.4, -0.2) is 0 Å². The standard InChI is InChI=1S/C66H43NOS/c1-3-15-45(16-4-1)53-19-7-9-21-57(53)58-22-10-8-20-54(58)47-31-38-51(39-32-47)67(52-40-33-48(34-41-52)56-25-14-27-61-59-23-11-12-28-64(59)69-66(56)61)50-36-29-44(30-37-50)49-35-42-63-62(43-49)60-26-13-24-55(65(60)68-63)46-17-5-2-6-18-46/h1-43H. The van der Waals surface area contributed by atoms with Gasteiger partial charge in [-0.25, -0.2) is 0 Å². The van der Waals surface area contributed by atoms with E-state index in [1.807, 2.05) is 17.4 Å². The first kappa shape index (κ1) is 40.5. The van der Waals surface area contributed by atoms with Crippen LogP contribution >= 0.6 is 11.3 Å². The number of anilines is 3. The van der Waals surface area contributed by atoms with Crippen LogP contribution in [0.1, 0.15) is 0 Å². The van der Waals surface area contributed by atoms with Gasteiger partial charge < -0.3 is 9.32 Å². The molecule has 0 aliphatic carbocycles. The Hall–Kier alpha value is -8.76. The number of hydrogen-bond acceptors (Lipinski definition) is 3. The molecule has 0 fully saturated rings. The maximum absolute atomic E-state index is 6.53. The molecule has 69 heavy (non-hydrogen) atoms. The molecule has 11 aromatic carbocycles. The lowest BCUT2D eigenvalue weighted by atomic mass is 9.89. The second-order valence-corrected chi connectivity index (χ2v) is 18.6. The molecule has 0 spiro atoms. The zero-order valence-corrected chi connectivity index (χ0v) is 38.4. The lowest BCUT2D eigenvalue weighted by molar-refractivity contribution is 0.670. The summed E-state index contributed by atoms with van der Waals surface area (Å²) < 4.78 is 9.16. The summed E-state index contributed by atoms with van der Waals surface area (Å²) in [7, 11) is 0. The van der Waals surface area contributed by atoms with E-state index >= 15 is 0 Å². The van der Waals surface area contributed by atoms with Gasteiger partial charge in [0.25, 0.3) is 0 Å². The van der Waals surface area contributed by atoms with Crippen molar-refractivity contribution in [1.29, 1.82) is 0 Å². The zero-order chi connectivity index (χ0) is 45.7. The lowest BCUT2D eigenvalue weighted by Gasteiger charge is -2.26. The maximum atomic E-state index is 6.53. The van der Waals surface area contributed by atoms with E-state index in [9.17, 15) is 0 Å². The number of benzene rings is 11. The van der Waals surface area contributed by atoms with Gasteiger partial charge in [0.15, 0.2) is 0 Å². The molecule has 13 aromatic rings. The number of hydrogen-bond donors (Lipinski definition) is 0. The lowest BCUT2D eigenvalue weighted by Crippen LogP contribution is -2.09. The highest BCUT2D eigenvalue weighted by molar-refractivity contribution is 7.26. The summed E-state index contributed by atoms with van der Waals surface area (Å²) in [6.07, 6.45) is 0. The summed E-state index contributed by atoms with van der Waals surface area (Å²) >= 11 is 1.87. The Bertz CT molecular complexity index is 3980. The van der Waals surface area contributed by atoms with Crippen LogP contribution in [0.5, 0.6) is 0 Å². The van der Waals surface area contributed by atoms with E-state index in [4.69, 9.17) is 4.42 Å².